The third kappa shape index (κ3) is 4.51. The van der Waals surface area contributed by atoms with Crippen molar-refractivity contribution in [3.8, 4) is 27.9 Å². The summed E-state index contributed by atoms with van der Waals surface area (Å²) in [5, 5.41) is 9.30. The summed E-state index contributed by atoms with van der Waals surface area (Å²) in [5.74, 6) is 0. The average Bonchev–Trinajstić information content (AvgIpc) is 4.04. The lowest BCUT2D eigenvalue weighted by molar-refractivity contribution is 0.633. The van der Waals surface area contributed by atoms with E-state index in [-0.39, 0.29) is 0 Å². The van der Waals surface area contributed by atoms with Gasteiger partial charge in [0.2, 0.25) is 0 Å². The highest BCUT2D eigenvalue weighted by atomic mass is 16.4. The van der Waals surface area contributed by atoms with Crippen LogP contribution in [0.3, 0.4) is 0 Å². The van der Waals surface area contributed by atoms with Crippen molar-refractivity contribution in [3.05, 3.63) is 188 Å². The second-order valence-electron chi connectivity index (χ2n) is 15.6. The Bertz CT molecular complexity index is 3720. The van der Waals surface area contributed by atoms with E-state index in [0.717, 1.165) is 67.1 Å². The highest BCUT2D eigenvalue weighted by Gasteiger charge is 2.20. The van der Waals surface area contributed by atoms with E-state index in [1.807, 2.05) is 0 Å². The molecule has 1 aliphatic rings. The van der Waals surface area contributed by atoms with Crippen molar-refractivity contribution in [2.75, 3.05) is 0 Å². The largest absolute Gasteiger partial charge is 0.452 e. The number of benzene rings is 8. The molecular formula is C54H34N2O2. The second-order valence-corrected chi connectivity index (χ2v) is 15.6. The number of aromatic nitrogens is 2. The van der Waals surface area contributed by atoms with E-state index in [0.29, 0.717) is 6.04 Å². The third-order valence-electron chi connectivity index (χ3n) is 12.4. The molecule has 0 aliphatic heterocycles. The van der Waals surface area contributed by atoms with Crippen LogP contribution in [-0.4, -0.2) is 9.13 Å². The van der Waals surface area contributed by atoms with E-state index >= 15 is 0 Å². The van der Waals surface area contributed by atoms with Crippen LogP contribution in [0.5, 0.6) is 0 Å². The monoisotopic (exact) mass is 742 g/mol. The number of para-hydroxylation sites is 3. The van der Waals surface area contributed by atoms with E-state index in [2.05, 4.69) is 197 Å². The van der Waals surface area contributed by atoms with Crippen molar-refractivity contribution < 1.29 is 8.83 Å². The van der Waals surface area contributed by atoms with E-state index in [1.165, 1.54) is 54.7 Å². The van der Waals surface area contributed by atoms with Gasteiger partial charge in [-0.1, -0.05) is 103 Å². The van der Waals surface area contributed by atoms with Crippen LogP contribution in [0.1, 0.15) is 12.5 Å². The molecule has 8 aromatic carbocycles. The predicted octanol–water partition coefficient (Wildman–Crippen LogP) is 15.1. The first-order valence-electron chi connectivity index (χ1n) is 20.0. The summed E-state index contributed by atoms with van der Waals surface area (Å²) in [6.07, 6.45) is 9.87. The van der Waals surface area contributed by atoms with Gasteiger partial charge in [0.1, 0.15) is 11.2 Å². The third-order valence-corrected chi connectivity index (χ3v) is 12.4. The number of hydrogen-bond donors (Lipinski definition) is 0. The molecule has 0 N–H and O–H groups in total. The molecule has 272 valence electrons. The molecule has 4 heterocycles. The van der Waals surface area contributed by atoms with Crippen LogP contribution < -0.4 is 0 Å². The minimum atomic E-state index is 0.303. The molecule has 13 rings (SSSR count). The number of rotatable bonds is 4. The molecule has 0 spiro atoms. The van der Waals surface area contributed by atoms with E-state index < -0.39 is 0 Å². The normalized spacial score (nSPS) is 14.5. The molecule has 0 saturated heterocycles. The van der Waals surface area contributed by atoms with Crippen molar-refractivity contribution in [1.29, 1.82) is 0 Å². The number of furan rings is 2. The van der Waals surface area contributed by atoms with Gasteiger partial charge in [0.15, 0.2) is 11.2 Å². The van der Waals surface area contributed by atoms with Gasteiger partial charge in [-0.3, -0.25) is 0 Å². The molecule has 58 heavy (non-hydrogen) atoms. The molecule has 1 atom stereocenters. The maximum atomic E-state index is 6.62. The Morgan fingerprint density at radius 2 is 0.897 bits per heavy atom. The second kappa shape index (κ2) is 12.0. The molecule has 4 heteroatoms. The Balaban J connectivity index is 0.912. The van der Waals surface area contributed by atoms with Gasteiger partial charge in [0.05, 0.1) is 17.1 Å². The number of nitrogens with zero attached hydrogens (tertiary/aromatic N) is 2. The fourth-order valence-electron chi connectivity index (χ4n) is 9.73. The smallest absolute Gasteiger partial charge is 0.178 e. The van der Waals surface area contributed by atoms with Crippen LogP contribution in [0.25, 0.3) is 115 Å². The van der Waals surface area contributed by atoms with E-state index in [1.54, 1.807) is 0 Å². The number of fused-ring (bicyclic) bond motifs is 13. The predicted molar refractivity (Wildman–Crippen MR) is 241 cm³/mol. The molecular weight excluding hydrogens is 709 g/mol. The van der Waals surface area contributed by atoms with Crippen LogP contribution in [0.15, 0.2) is 197 Å². The van der Waals surface area contributed by atoms with Gasteiger partial charge in [-0.05, 0) is 114 Å². The Labute approximate surface area is 332 Å². The number of allylic oxidation sites excluding steroid dienone is 4. The molecule has 4 nitrogen and oxygen atoms in total. The molecule has 0 bridgehead atoms. The lowest BCUT2D eigenvalue weighted by Gasteiger charge is -2.18. The zero-order valence-corrected chi connectivity index (χ0v) is 31.4. The topological polar surface area (TPSA) is 36.1 Å². The lowest BCUT2D eigenvalue weighted by atomic mass is 9.99. The van der Waals surface area contributed by atoms with Gasteiger partial charge in [-0.2, -0.15) is 0 Å². The van der Waals surface area contributed by atoms with E-state index in [4.69, 9.17) is 8.83 Å². The van der Waals surface area contributed by atoms with Crippen molar-refractivity contribution in [3.63, 3.8) is 0 Å². The minimum absolute atomic E-state index is 0.303. The first-order chi connectivity index (χ1) is 28.7. The molecule has 0 amide bonds. The maximum absolute atomic E-state index is 6.62. The minimum Gasteiger partial charge on any atom is -0.452 e. The van der Waals surface area contributed by atoms with Gasteiger partial charge in [0, 0.05) is 59.8 Å². The van der Waals surface area contributed by atoms with Crippen molar-refractivity contribution >= 4 is 87.5 Å². The Morgan fingerprint density at radius 1 is 0.397 bits per heavy atom. The summed E-state index contributed by atoms with van der Waals surface area (Å²) in [7, 11) is 0. The molecule has 0 radical (unpaired) electrons. The van der Waals surface area contributed by atoms with Crippen LogP contribution in [-0.2, 0) is 0 Å². The fourth-order valence-corrected chi connectivity index (χ4v) is 9.73. The summed E-state index contributed by atoms with van der Waals surface area (Å²) in [6.45, 7) is 0. The standard InChI is InChI=1S/C54H34N2O2/c1-3-11-37(12-4-1)55-47-17-9-7-15-39(47)43-29-33(19-25-49(43)55)35-21-27-51-45(31-35)41-23-24-42-46-32-36(22-28-52(46)58-54(42)53(41)57-51)34-20-26-50-44(30-34)40-16-8-10-18-48(40)56(50)38-13-5-2-6-14-38/h1-13,15-32,38H,14H2. The van der Waals surface area contributed by atoms with Gasteiger partial charge in [0.25, 0.3) is 0 Å². The van der Waals surface area contributed by atoms with Gasteiger partial charge in [-0.15, -0.1) is 0 Å². The van der Waals surface area contributed by atoms with Crippen LogP contribution in [0.2, 0.25) is 0 Å². The summed E-state index contributed by atoms with van der Waals surface area (Å²) in [6, 6.07) is 59.6. The van der Waals surface area contributed by atoms with Gasteiger partial charge < -0.3 is 18.0 Å². The average molecular weight is 743 g/mol. The number of hydrogen-bond acceptors (Lipinski definition) is 2. The quantitative estimate of drug-likeness (QED) is 0.180. The molecule has 12 aromatic rings. The molecule has 4 aromatic heterocycles. The summed E-state index contributed by atoms with van der Waals surface area (Å²) >= 11 is 0. The lowest BCUT2D eigenvalue weighted by Crippen LogP contribution is -2.06. The zero-order valence-electron chi connectivity index (χ0n) is 31.4. The van der Waals surface area contributed by atoms with Gasteiger partial charge in [-0.25, -0.2) is 0 Å². The molecule has 1 unspecified atom stereocenters. The molecule has 1 aliphatic carbocycles. The van der Waals surface area contributed by atoms with Crippen molar-refractivity contribution in [2.45, 2.75) is 12.5 Å². The summed E-state index contributed by atoms with van der Waals surface area (Å²) < 4.78 is 18.1. The van der Waals surface area contributed by atoms with Gasteiger partial charge >= 0.3 is 0 Å². The molecule has 0 fully saturated rings. The maximum Gasteiger partial charge on any atom is 0.178 e. The Morgan fingerprint density at radius 3 is 1.53 bits per heavy atom. The van der Waals surface area contributed by atoms with Crippen LogP contribution in [0, 0.1) is 0 Å². The first-order valence-corrected chi connectivity index (χ1v) is 20.0. The summed E-state index contributed by atoms with van der Waals surface area (Å²) in [5.41, 5.74) is 14.0. The van der Waals surface area contributed by atoms with E-state index in [9.17, 15) is 0 Å². The first kappa shape index (κ1) is 31.6. The zero-order chi connectivity index (χ0) is 37.9. The summed E-state index contributed by atoms with van der Waals surface area (Å²) in [4.78, 5) is 0. The van der Waals surface area contributed by atoms with Crippen LogP contribution >= 0.6 is 0 Å². The van der Waals surface area contributed by atoms with Crippen LogP contribution in [0.4, 0.5) is 0 Å². The SMILES string of the molecule is C1=CCC(n2c3ccccc3c3cc(-c4ccc5oc6c(ccc7c8cc(-c9ccc%10c(c9)c9ccccc9n%10-c9ccccc9)ccc8oc76)c5c4)ccc32)C=C1. The Kier molecular flexibility index (Phi) is 6.53. The highest BCUT2D eigenvalue weighted by molar-refractivity contribution is 6.20. The fraction of sp³-hybridized carbons (Fsp3) is 0.0370. The Hall–Kier alpha value is -7.56. The van der Waals surface area contributed by atoms with Crippen molar-refractivity contribution in [1.82, 2.24) is 9.13 Å². The van der Waals surface area contributed by atoms with Crippen molar-refractivity contribution in [2.24, 2.45) is 0 Å². The molecule has 0 saturated carbocycles. The highest BCUT2D eigenvalue weighted by Crippen LogP contribution is 2.43.